The van der Waals surface area contributed by atoms with Crippen LogP contribution in [0.1, 0.15) is 60.1 Å². The Hall–Kier alpha value is -2.30. The normalized spacial score (nSPS) is 10.9. The number of hydrogen-bond acceptors (Lipinski definition) is 3. The topological polar surface area (TPSA) is 53.2 Å². The van der Waals surface area contributed by atoms with Crippen LogP contribution in [0.2, 0.25) is 0 Å². The van der Waals surface area contributed by atoms with Crippen molar-refractivity contribution >= 4 is 12.3 Å². The minimum absolute atomic E-state index is 0.272. The SMILES string of the molecule is CCc1cn(Cc2cc(C)c(C=O)n2CCCOC(C)=O)cc1CC. The zero-order chi connectivity index (χ0) is 18.4. The van der Waals surface area contributed by atoms with Crippen molar-refractivity contribution in [3.8, 4) is 0 Å². The van der Waals surface area contributed by atoms with Crippen molar-refractivity contribution in [1.29, 1.82) is 0 Å². The molecule has 2 heterocycles. The lowest BCUT2D eigenvalue weighted by Crippen LogP contribution is -2.12. The number of rotatable bonds is 9. The third kappa shape index (κ3) is 4.62. The molecular formula is C20H28N2O3. The number of carbonyl (C=O) groups excluding carboxylic acids is 2. The second-order valence-electron chi connectivity index (χ2n) is 6.36. The Morgan fingerprint density at radius 2 is 1.84 bits per heavy atom. The van der Waals surface area contributed by atoms with Gasteiger partial charge in [0.05, 0.1) is 18.8 Å². The van der Waals surface area contributed by atoms with Crippen molar-refractivity contribution < 1.29 is 14.3 Å². The highest BCUT2D eigenvalue weighted by molar-refractivity contribution is 5.75. The summed E-state index contributed by atoms with van der Waals surface area (Å²) in [4.78, 5) is 22.4. The van der Waals surface area contributed by atoms with Gasteiger partial charge in [-0.15, -0.1) is 0 Å². The van der Waals surface area contributed by atoms with E-state index in [-0.39, 0.29) is 5.97 Å². The van der Waals surface area contributed by atoms with Crippen LogP contribution in [0.5, 0.6) is 0 Å². The van der Waals surface area contributed by atoms with E-state index in [2.05, 4.69) is 36.9 Å². The number of ether oxygens (including phenoxy) is 1. The fourth-order valence-electron chi connectivity index (χ4n) is 3.28. The van der Waals surface area contributed by atoms with E-state index in [1.54, 1.807) is 0 Å². The van der Waals surface area contributed by atoms with Crippen LogP contribution in [0, 0.1) is 6.92 Å². The molecule has 0 unspecified atom stereocenters. The molecule has 0 spiro atoms. The summed E-state index contributed by atoms with van der Waals surface area (Å²) in [6.07, 6.45) is 8.05. The van der Waals surface area contributed by atoms with Gasteiger partial charge in [-0.1, -0.05) is 13.8 Å². The van der Waals surface area contributed by atoms with Gasteiger partial charge in [0.1, 0.15) is 0 Å². The van der Waals surface area contributed by atoms with Gasteiger partial charge in [0.25, 0.3) is 0 Å². The molecule has 2 aromatic heterocycles. The summed E-state index contributed by atoms with van der Waals surface area (Å²) in [5.41, 5.74) is 5.54. The summed E-state index contributed by atoms with van der Waals surface area (Å²) in [5, 5.41) is 0. The monoisotopic (exact) mass is 344 g/mol. The quantitative estimate of drug-likeness (QED) is 0.397. The number of nitrogens with zero attached hydrogens (tertiary/aromatic N) is 2. The first-order valence-corrected chi connectivity index (χ1v) is 8.95. The third-order valence-electron chi connectivity index (χ3n) is 4.53. The van der Waals surface area contributed by atoms with Crippen molar-refractivity contribution in [2.45, 2.75) is 60.0 Å². The van der Waals surface area contributed by atoms with Crippen LogP contribution in [0.4, 0.5) is 0 Å². The molecule has 0 saturated carbocycles. The van der Waals surface area contributed by atoms with E-state index in [0.29, 0.717) is 25.3 Å². The van der Waals surface area contributed by atoms with E-state index in [1.807, 2.05) is 11.5 Å². The lowest BCUT2D eigenvalue weighted by atomic mass is 10.1. The Balaban J connectivity index is 2.20. The molecule has 0 amide bonds. The zero-order valence-electron chi connectivity index (χ0n) is 15.7. The van der Waals surface area contributed by atoms with E-state index in [0.717, 1.165) is 36.9 Å². The van der Waals surface area contributed by atoms with Gasteiger partial charge in [-0.2, -0.15) is 0 Å². The third-order valence-corrected chi connectivity index (χ3v) is 4.53. The molecule has 0 saturated heterocycles. The summed E-state index contributed by atoms with van der Waals surface area (Å²) in [5.74, 6) is -0.272. The fraction of sp³-hybridized carbons (Fsp3) is 0.500. The number of aryl methyl sites for hydroxylation is 3. The van der Waals surface area contributed by atoms with Crippen LogP contribution in [0.25, 0.3) is 0 Å². The van der Waals surface area contributed by atoms with E-state index >= 15 is 0 Å². The molecule has 5 nitrogen and oxygen atoms in total. The molecule has 25 heavy (non-hydrogen) atoms. The van der Waals surface area contributed by atoms with Crippen LogP contribution in [0.15, 0.2) is 18.5 Å². The van der Waals surface area contributed by atoms with E-state index in [9.17, 15) is 9.59 Å². The van der Waals surface area contributed by atoms with Crippen LogP contribution in [0.3, 0.4) is 0 Å². The van der Waals surface area contributed by atoms with Crippen molar-refractivity contribution in [3.63, 3.8) is 0 Å². The van der Waals surface area contributed by atoms with E-state index in [4.69, 9.17) is 4.74 Å². The lowest BCUT2D eigenvalue weighted by molar-refractivity contribution is -0.141. The first-order chi connectivity index (χ1) is 12.0. The van der Waals surface area contributed by atoms with Crippen LogP contribution in [-0.2, 0) is 35.5 Å². The Morgan fingerprint density at radius 1 is 1.20 bits per heavy atom. The molecule has 0 aromatic carbocycles. The molecule has 136 valence electrons. The van der Waals surface area contributed by atoms with Gasteiger partial charge in [0, 0.05) is 31.6 Å². The number of carbonyl (C=O) groups is 2. The van der Waals surface area contributed by atoms with Crippen LogP contribution >= 0.6 is 0 Å². The minimum Gasteiger partial charge on any atom is -0.466 e. The number of esters is 1. The smallest absolute Gasteiger partial charge is 0.302 e. The summed E-state index contributed by atoms with van der Waals surface area (Å²) in [6, 6.07) is 2.08. The fourth-order valence-corrected chi connectivity index (χ4v) is 3.28. The Morgan fingerprint density at radius 3 is 2.36 bits per heavy atom. The first kappa shape index (κ1) is 19.0. The van der Waals surface area contributed by atoms with Gasteiger partial charge < -0.3 is 13.9 Å². The maximum atomic E-state index is 11.5. The molecule has 2 rings (SSSR count). The molecule has 0 fully saturated rings. The van der Waals surface area contributed by atoms with Gasteiger partial charge in [-0.25, -0.2) is 0 Å². The maximum Gasteiger partial charge on any atom is 0.302 e. The molecule has 0 N–H and O–H groups in total. The Bertz CT molecular complexity index is 719. The predicted octanol–water partition coefficient (Wildman–Crippen LogP) is 3.54. The Kier molecular flexibility index (Phi) is 6.62. The Labute approximate surface area is 149 Å². The standard InChI is InChI=1S/C20H28N2O3/c1-5-17-11-21(12-18(17)6-2)13-19-10-15(3)20(14-23)22(19)8-7-9-25-16(4)24/h10-12,14H,5-9,13H2,1-4H3. The maximum absolute atomic E-state index is 11.5. The van der Waals surface area contributed by atoms with Crippen molar-refractivity contribution in [1.82, 2.24) is 9.13 Å². The molecular weight excluding hydrogens is 316 g/mol. The highest BCUT2D eigenvalue weighted by Gasteiger charge is 2.13. The average molecular weight is 344 g/mol. The van der Waals surface area contributed by atoms with Crippen molar-refractivity contribution in [2.24, 2.45) is 0 Å². The number of hydrogen-bond donors (Lipinski definition) is 0. The molecule has 0 radical (unpaired) electrons. The van der Waals surface area contributed by atoms with Crippen LogP contribution < -0.4 is 0 Å². The van der Waals surface area contributed by atoms with Crippen molar-refractivity contribution in [3.05, 3.63) is 46.5 Å². The molecule has 0 aliphatic heterocycles. The second-order valence-corrected chi connectivity index (χ2v) is 6.36. The molecule has 0 atom stereocenters. The zero-order valence-corrected chi connectivity index (χ0v) is 15.7. The number of aldehydes is 1. The summed E-state index contributed by atoms with van der Waals surface area (Å²) < 4.78 is 9.25. The molecule has 0 aliphatic rings. The molecule has 5 heteroatoms. The van der Waals surface area contributed by atoms with Gasteiger partial charge in [-0.05, 0) is 48.9 Å². The lowest BCUT2D eigenvalue weighted by Gasteiger charge is -2.12. The number of aromatic nitrogens is 2. The summed E-state index contributed by atoms with van der Waals surface area (Å²) >= 11 is 0. The largest absolute Gasteiger partial charge is 0.466 e. The first-order valence-electron chi connectivity index (χ1n) is 8.95. The highest BCUT2D eigenvalue weighted by Crippen LogP contribution is 2.19. The van der Waals surface area contributed by atoms with Gasteiger partial charge >= 0.3 is 5.97 Å². The molecule has 0 aliphatic carbocycles. The summed E-state index contributed by atoms with van der Waals surface area (Å²) in [7, 11) is 0. The molecule has 0 bridgehead atoms. The molecule has 2 aromatic rings. The van der Waals surface area contributed by atoms with Crippen molar-refractivity contribution in [2.75, 3.05) is 6.61 Å². The van der Waals surface area contributed by atoms with Crippen LogP contribution in [-0.4, -0.2) is 28.0 Å². The minimum atomic E-state index is -0.272. The van der Waals surface area contributed by atoms with Gasteiger partial charge in [0.2, 0.25) is 0 Å². The summed E-state index contributed by atoms with van der Waals surface area (Å²) in [6.45, 7) is 9.47. The predicted molar refractivity (Wildman–Crippen MR) is 98.1 cm³/mol. The van der Waals surface area contributed by atoms with E-state index < -0.39 is 0 Å². The van der Waals surface area contributed by atoms with Gasteiger partial charge in [-0.3, -0.25) is 9.59 Å². The van der Waals surface area contributed by atoms with E-state index in [1.165, 1.54) is 18.1 Å². The highest BCUT2D eigenvalue weighted by atomic mass is 16.5. The van der Waals surface area contributed by atoms with Gasteiger partial charge in [0.15, 0.2) is 6.29 Å². The second kappa shape index (κ2) is 8.70. The average Bonchev–Trinajstić information content (AvgIpc) is 3.11.